The van der Waals surface area contributed by atoms with Crippen molar-refractivity contribution in [1.82, 2.24) is 20.4 Å². The van der Waals surface area contributed by atoms with E-state index in [1.165, 1.54) is 12.1 Å². The quantitative estimate of drug-likeness (QED) is 0.558. The largest absolute Gasteiger partial charge is 0.480 e. The third-order valence-corrected chi connectivity index (χ3v) is 2.73. The van der Waals surface area contributed by atoms with Crippen LogP contribution in [0.5, 0.6) is 5.88 Å². The molecule has 144 valence electrons. The molecule has 0 saturated heterocycles. The van der Waals surface area contributed by atoms with Gasteiger partial charge in [0.2, 0.25) is 5.88 Å². The Morgan fingerprint density at radius 3 is 2.54 bits per heavy atom. The lowest BCUT2D eigenvalue weighted by Gasteiger charge is -2.22. The number of carbonyl (C=O) groups excluding carboxylic acids is 2. The minimum Gasteiger partial charge on any atom is -0.480 e. The Labute approximate surface area is 149 Å². The summed E-state index contributed by atoms with van der Waals surface area (Å²) in [5, 5.41) is 17.1. The van der Waals surface area contributed by atoms with Crippen LogP contribution in [-0.4, -0.2) is 70.0 Å². The predicted octanol–water partition coefficient (Wildman–Crippen LogP) is -0.413. The number of H-pyrrole nitrogens is 1. The zero-order chi connectivity index (χ0) is 19.7. The molecule has 0 aliphatic rings. The first kappa shape index (κ1) is 20.9. The second kappa shape index (κ2) is 9.39. The topological polar surface area (TPSA) is 151 Å². The van der Waals surface area contributed by atoms with Gasteiger partial charge in [0.25, 0.3) is 11.5 Å². The second-order valence-electron chi connectivity index (χ2n) is 6.19. The highest BCUT2D eigenvalue weighted by molar-refractivity contribution is 5.82. The van der Waals surface area contributed by atoms with Gasteiger partial charge in [0, 0.05) is 25.2 Å². The van der Waals surface area contributed by atoms with Crippen molar-refractivity contribution in [2.45, 2.75) is 26.4 Å². The van der Waals surface area contributed by atoms with Crippen LogP contribution in [0, 0.1) is 0 Å². The number of carboxylic acids is 1. The summed E-state index contributed by atoms with van der Waals surface area (Å²) in [6.45, 7) is 4.03. The van der Waals surface area contributed by atoms with Crippen LogP contribution < -0.4 is 15.6 Å². The molecule has 0 spiro atoms. The Morgan fingerprint density at radius 2 is 2.00 bits per heavy atom. The zero-order valence-electron chi connectivity index (χ0n) is 14.8. The lowest BCUT2D eigenvalue weighted by molar-refractivity contribution is -0.145. The van der Waals surface area contributed by atoms with Crippen molar-refractivity contribution < 1.29 is 29.0 Å². The Bertz CT molecular complexity index is 675. The highest BCUT2D eigenvalue weighted by Gasteiger charge is 2.19. The van der Waals surface area contributed by atoms with Crippen molar-refractivity contribution in [1.29, 1.82) is 0 Å². The smallest absolute Gasteiger partial charge is 0.407 e. The van der Waals surface area contributed by atoms with E-state index in [4.69, 9.17) is 14.6 Å². The van der Waals surface area contributed by atoms with Crippen molar-refractivity contribution in [3.63, 3.8) is 0 Å². The van der Waals surface area contributed by atoms with E-state index < -0.39 is 42.3 Å². The molecule has 0 atom stereocenters. The molecule has 0 bridgehead atoms. The zero-order valence-corrected chi connectivity index (χ0v) is 14.8. The Kier molecular flexibility index (Phi) is 7.56. The summed E-state index contributed by atoms with van der Waals surface area (Å²) in [5.74, 6) is -1.82. The van der Waals surface area contributed by atoms with Crippen LogP contribution in [-0.2, 0) is 14.3 Å². The van der Waals surface area contributed by atoms with Gasteiger partial charge in [0.1, 0.15) is 12.1 Å². The molecule has 3 N–H and O–H groups in total. The Morgan fingerprint density at radius 1 is 1.31 bits per heavy atom. The first-order valence-electron chi connectivity index (χ1n) is 7.72. The van der Waals surface area contributed by atoms with Crippen molar-refractivity contribution in [3.05, 3.63) is 22.5 Å². The number of carbonyl (C=O) groups is 3. The Balaban J connectivity index is 2.52. The summed E-state index contributed by atoms with van der Waals surface area (Å²) in [5.41, 5.74) is -1.09. The second-order valence-corrected chi connectivity index (χ2v) is 6.19. The lowest BCUT2D eigenvalue weighted by atomic mass is 10.2. The van der Waals surface area contributed by atoms with Gasteiger partial charge in [-0.2, -0.15) is 0 Å². The van der Waals surface area contributed by atoms with Crippen molar-refractivity contribution >= 4 is 18.0 Å². The molecule has 11 nitrogen and oxygen atoms in total. The number of aromatic amines is 1. The monoisotopic (exact) mass is 370 g/mol. The van der Waals surface area contributed by atoms with Crippen molar-refractivity contribution in [3.8, 4) is 5.88 Å². The normalized spacial score (nSPS) is 10.7. The highest BCUT2D eigenvalue weighted by atomic mass is 16.6. The molecule has 0 aromatic carbocycles. The van der Waals surface area contributed by atoms with Crippen LogP contribution in [0.3, 0.4) is 0 Å². The molecule has 0 radical (unpaired) electrons. The number of alkyl carbamates (subject to hydrolysis) is 1. The van der Waals surface area contributed by atoms with Gasteiger partial charge in [-0.25, -0.2) is 9.89 Å². The number of nitrogens with one attached hydrogen (secondary N) is 2. The molecule has 0 aliphatic heterocycles. The number of hydrogen-bond acceptors (Lipinski definition) is 7. The number of amides is 2. The molecule has 0 aliphatic carbocycles. The number of aromatic nitrogens is 2. The molecule has 2 amide bonds. The van der Waals surface area contributed by atoms with Gasteiger partial charge in [-0.3, -0.25) is 14.4 Å². The van der Waals surface area contributed by atoms with E-state index in [9.17, 15) is 19.2 Å². The molecular formula is C15H22N4O7. The maximum atomic E-state index is 12.1. The number of rotatable bonds is 8. The van der Waals surface area contributed by atoms with Crippen LogP contribution >= 0.6 is 0 Å². The lowest BCUT2D eigenvalue weighted by Crippen LogP contribution is -2.44. The van der Waals surface area contributed by atoms with E-state index in [2.05, 4.69) is 15.5 Å². The number of hydrogen-bond donors (Lipinski definition) is 3. The third-order valence-electron chi connectivity index (χ3n) is 2.73. The van der Waals surface area contributed by atoms with E-state index in [0.717, 1.165) is 4.90 Å². The SMILES string of the molecule is CC(C)(C)OC(=O)NCCN(CC(=O)O)C(=O)COc1ccc(=O)[nH]n1. The van der Waals surface area contributed by atoms with E-state index >= 15 is 0 Å². The third kappa shape index (κ3) is 8.66. The molecule has 1 rings (SSSR count). The van der Waals surface area contributed by atoms with Crippen molar-refractivity contribution in [2.24, 2.45) is 0 Å². The molecule has 1 heterocycles. The van der Waals surface area contributed by atoms with Crippen LogP contribution in [0.15, 0.2) is 16.9 Å². The minimum absolute atomic E-state index is 0.00480. The number of carboxylic acid groups (broad SMARTS) is 1. The maximum absolute atomic E-state index is 12.1. The van der Waals surface area contributed by atoms with E-state index in [1.807, 2.05) is 0 Å². The van der Waals surface area contributed by atoms with E-state index in [-0.39, 0.29) is 19.0 Å². The molecule has 1 aromatic heterocycles. The minimum atomic E-state index is -1.21. The molecule has 1 aromatic rings. The maximum Gasteiger partial charge on any atom is 0.407 e. The van der Waals surface area contributed by atoms with Gasteiger partial charge in [-0.15, -0.1) is 5.10 Å². The Hall–Kier alpha value is -3.11. The van der Waals surface area contributed by atoms with Crippen LogP contribution in [0.1, 0.15) is 20.8 Å². The molecule has 0 saturated carbocycles. The fourth-order valence-corrected chi connectivity index (χ4v) is 1.70. The van der Waals surface area contributed by atoms with Crippen LogP contribution in [0.4, 0.5) is 4.79 Å². The average molecular weight is 370 g/mol. The first-order valence-corrected chi connectivity index (χ1v) is 7.72. The molecule has 26 heavy (non-hydrogen) atoms. The van der Waals surface area contributed by atoms with Crippen LogP contribution in [0.25, 0.3) is 0 Å². The fraction of sp³-hybridized carbons (Fsp3) is 0.533. The predicted molar refractivity (Wildman–Crippen MR) is 88.8 cm³/mol. The van der Waals surface area contributed by atoms with Crippen LogP contribution in [0.2, 0.25) is 0 Å². The van der Waals surface area contributed by atoms with Crippen molar-refractivity contribution in [2.75, 3.05) is 26.2 Å². The van der Waals surface area contributed by atoms with Gasteiger partial charge >= 0.3 is 12.1 Å². The highest BCUT2D eigenvalue weighted by Crippen LogP contribution is 2.06. The summed E-state index contributed by atoms with van der Waals surface area (Å²) in [4.78, 5) is 46.5. The fourth-order valence-electron chi connectivity index (χ4n) is 1.70. The van der Waals surface area contributed by atoms with Gasteiger partial charge in [0.15, 0.2) is 6.61 Å². The van der Waals surface area contributed by atoms with Gasteiger partial charge in [-0.05, 0) is 20.8 Å². The molecule has 0 unspecified atom stereocenters. The number of aliphatic carboxylic acids is 1. The standard InChI is InChI=1S/C15H22N4O7/c1-15(2,3)26-14(24)16-6-7-19(8-13(22)23)12(21)9-25-11-5-4-10(20)17-18-11/h4-5H,6-9H2,1-3H3,(H,16,24)(H,17,20)(H,22,23). The van der Waals surface area contributed by atoms with Gasteiger partial charge in [0.05, 0.1) is 0 Å². The summed E-state index contributed by atoms with van der Waals surface area (Å²) in [6.07, 6.45) is -0.672. The van der Waals surface area contributed by atoms with E-state index in [1.54, 1.807) is 20.8 Å². The summed E-state index contributed by atoms with van der Waals surface area (Å²) in [7, 11) is 0. The summed E-state index contributed by atoms with van der Waals surface area (Å²) >= 11 is 0. The molecule has 0 fully saturated rings. The molecular weight excluding hydrogens is 348 g/mol. The number of nitrogens with zero attached hydrogens (tertiary/aromatic N) is 2. The summed E-state index contributed by atoms with van der Waals surface area (Å²) < 4.78 is 10.1. The first-order chi connectivity index (χ1) is 12.1. The van der Waals surface area contributed by atoms with Gasteiger partial charge in [-0.1, -0.05) is 0 Å². The van der Waals surface area contributed by atoms with Gasteiger partial charge < -0.3 is 24.8 Å². The average Bonchev–Trinajstić information content (AvgIpc) is 2.51. The molecule has 11 heteroatoms. The summed E-state index contributed by atoms with van der Waals surface area (Å²) in [6, 6.07) is 2.45. The number of ether oxygens (including phenoxy) is 2. The van der Waals surface area contributed by atoms with E-state index in [0.29, 0.717) is 0 Å².